The molecule has 1 N–H and O–H groups in total. The quantitative estimate of drug-likeness (QED) is 0.587. The molecule has 0 aliphatic carbocycles. The topological polar surface area (TPSA) is 69.9 Å². The lowest BCUT2D eigenvalue weighted by Gasteiger charge is -2.11. The molecule has 0 unspecified atom stereocenters. The van der Waals surface area contributed by atoms with E-state index in [2.05, 4.69) is 5.32 Å². The molecular weight excluding hydrogens is 370 g/mol. The van der Waals surface area contributed by atoms with Crippen LogP contribution in [-0.4, -0.2) is 27.2 Å². The van der Waals surface area contributed by atoms with E-state index < -0.39 is 0 Å². The van der Waals surface area contributed by atoms with Crippen molar-refractivity contribution in [2.24, 2.45) is 0 Å². The fourth-order valence-electron chi connectivity index (χ4n) is 2.96. The van der Waals surface area contributed by atoms with Crippen LogP contribution in [0.25, 0.3) is 11.3 Å². The third-order valence-corrected chi connectivity index (χ3v) is 4.60. The molecule has 1 aromatic heterocycles. The number of aryl methyl sites for hydroxylation is 1. The van der Waals surface area contributed by atoms with Crippen LogP contribution in [0.3, 0.4) is 0 Å². The van der Waals surface area contributed by atoms with E-state index in [-0.39, 0.29) is 5.91 Å². The highest BCUT2D eigenvalue weighted by molar-refractivity contribution is 5.76. The van der Waals surface area contributed by atoms with Crippen molar-refractivity contribution in [1.82, 2.24) is 5.32 Å². The molecule has 0 fully saturated rings. The first kappa shape index (κ1) is 20.3. The van der Waals surface area contributed by atoms with E-state index in [0.717, 1.165) is 34.1 Å². The second-order valence-electron chi connectivity index (χ2n) is 6.45. The Balaban J connectivity index is 1.53. The second-order valence-corrected chi connectivity index (χ2v) is 6.45. The molecule has 0 aliphatic heterocycles. The predicted octanol–water partition coefficient (Wildman–Crippen LogP) is 4.22. The van der Waals surface area contributed by atoms with Gasteiger partial charge in [0.25, 0.3) is 0 Å². The fourth-order valence-corrected chi connectivity index (χ4v) is 2.96. The lowest BCUT2D eigenvalue weighted by atomic mass is 10.1. The molecule has 0 radical (unpaired) electrons. The van der Waals surface area contributed by atoms with Crippen molar-refractivity contribution < 1.29 is 23.4 Å². The predicted molar refractivity (Wildman–Crippen MR) is 110 cm³/mol. The Morgan fingerprint density at radius 2 is 1.62 bits per heavy atom. The van der Waals surface area contributed by atoms with Crippen LogP contribution in [0, 0.1) is 0 Å². The standard InChI is InChI=1S/C23H25NO5/c1-26-18-6-4-16(5-7-18)22-12-8-19(29-22)10-13-23(25)24-15-17-14-20(27-2)9-11-21(17)28-3/h4-9,11-12,14H,10,13,15H2,1-3H3,(H,24,25). The average molecular weight is 395 g/mol. The van der Waals surface area contributed by atoms with Crippen molar-refractivity contribution in [3.05, 3.63) is 65.9 Å². The first-order valence-electron chi connectivity index (χ1n) is 9.33. The maximum atomic E-state index is 12.3. The first-order chi connectivity index (χ1) is 14.1. The Hall–Kier alpha value is -3.41. The largest absolute Gasteiger partial charge is 0.497 e. The summed E-state index contributed by atoms with van der Waals surface area (Å²) in [6, 6.07) is 17.0. The summed E-state index contributed by atoms with van der Waals surface area (Å²) in [7, 11) is 4.84. The number of nitrogens with one attached hydrogen (secondary N) is 1. The number of carbonyl (C=O) groups excluding carboxylic acids is 1. The molecule has 0 aliphatic rings. The lowest BCUT2D eigenvalue weighted by Crippen LogP contribution is -2.23. The van der Waals surface area contributed by atoms with Gasteiger partial charge in [-0.05, 0) is 54.6 Å². The maximum absolute atomic E-state index is 12.3. The van der Waals surface area contributed by atoms with Gasteiger partial charge in [-0.3, -0.25) is 4.79 Å². The van der Waals surface area contributed by atoms with Crippen molar-refractivity contribution in [2.75, 3.05) is 21.3 Å². The molecule has 6 nitrogen and oxygen atoms in total. The Morgan fingerprint density at radius 1 is 0.897 bits per heavy atom. The minimum Gasteiger partial charge on any atom is -0.497 e. The van der Waals surface area contributed by atoms with Crippen molar-refractivity contribution in [1.29, 1.82) is 0 Å². The molecule has 152 valence electrons. The van der Waals surface area contributed by atoms with E-state index >= 15 is 0 Å². The van der Waals surface area contributed by atoms with Crippen LogP contribution in [0.4, 0.5) is 0 Å². The number of hydrogen-bond donors (Lipinski definition) is 1. The number of furan rings is 1. The van der Waals surface area contributed by atoms with Crippen LogP contribution in [0.5, 0.6) is 17.2 Å². The molecule has 1 heterocycles. The van der Waals surface area contributed by atoms with Crippen LogP contribution in [0.15, 0.2) is 59.0 Å². The summed E-state index contributed by atoms with van der Waals surface area (Å²) in [5.41, 5.74) is 1.83. The van der Waals surface area contributed by atoms with Gasteiger partial charge in [-0.15, -0.1) is 0 Å². The van der Waals surface area contributed by atoms with Gasteiger partial charge in [-0.1, -0.05) is 0 Å². The van der Waals surface area contributed by atoms with Crippen LogP contribution in [0.1, 0.15) is 17.7 Å². The number of hydrogen-bond acceptors (Lipinski definition) is 5. The highest BCUT2D eigenvalue weighted by Gasteiger charge is 2.10. The lowest BCUT2D eigenvalue weighted by molar-refractivity contribution is -0.121. The molecule has 0 saturated heterocycles. The Morgan fingerprint density at radius 3 is 2.31 bits per heavy atom. The SMILES string of the molecule is COc1ccc(-c2ccc(CCC(=O)NCc3cc(OC)ccc3OC)o2)cc1. The fraction of sp³-hybridized carbons (Fsp3) is 0.261. The van der Waals surface area contributed by atoms with Gasteiger partial charge in [0.15, 0.2) is 0 Å². The maximum Gasteiger partial charge on any atom is 0.220 e. The zero-order valence-electron chi connectivity index (χ0n) is 16.9. The van der Waals surface area contributed by atoms with Crippen molar-refractivity contribution in [3.63, 3.8) is 0 Å². The molecule has 2 aromatic carbocycles. The van der Waals surface area contributed by atoms with Gasteiger partial charge in [0.05, 0.1) is 21.3 Å². The monoisotopic (exact) mass is 395 g/mol. The van der Waals surface area contributed by atoms with E-state index in [0.29, 0.717) is 25.1 Å². The molecule has 0 atom stereocenters. The summed E-state index contributed by atoms with van der Waals surface area (Å²) in [6.45, 7) is 0.370. The zero-order valence-corrected chi connectivity index (χ0v) is 16.9. The highest BCUT2D eigenvalue weighted by atomic mass is 16.5. The molecule has 0 spiro atoms. The number of methoxy groups -OCH3 is 3. The van der Waals surface area contributed by atoms with Gasteiger partial charge in [0.2, 0.25) is 5.91 Å². The number of carbonyl (C=O) groups is 1. The van der Waals surface area contributed by atoms with Gasteiger partial charge >= 0.3 is 0 Å². The van der Waals surface area contributed by atoms with Crippen molar-refractivity contribution in [3.8, 4) is 28.6 Å². The van der Waals surface area contributed by atoms with Crippen LogP contribution < -0.4 is 19.5 Å². The summed E-state index contributed by atoms with van der Waals surface area (Å²) >= 11 is 0. The van der Waals surface area contributed by atoms with Gasteiger partial charge in [-0.25, -0.2) is 0 Å². The van der Waals surface area contributed by atoms with E-state index in [9.17, 15) is 4.79 Å². The van der Waals surface area contributed by atoms with E-state index in [1.807, 2.05) is 54.6 Å². The second kappa shape index (κ2) is 9.68. The summed E-state index contributed by atoms with van der Waals surface area (Å²) in [5.74, 6) is 3.70. The van der Waals surface area contributed by atoms with Gasteiger partial charge in [-0.2, -0.15) is 0 Å². The molecule has 3 rings (SSSR count). The molecule has 29 heavy (non-hydrogen) atoms. The van der Waals surface area contributed by atoms with Crippen LogP contribution >= 0.6 is 0 Å². The van der Waals surface area contributed by atoms with Gasteiger partial charge in [0.1, 0.15) is 28.8 Å². The van der Waals surface area contributed by atoms with Crippen molar-refractivity contribution in [2.45, 2.75) is 19.4 Å². The molecule has 3 aromatic rings. The Labute approximate surface area is 170 Å². The average Bonchev–Trinajstić information content (AvgIpc) is 3.25. The van der Waals surface area contributed by atoms with E-state index in [1.165, 1.54) is 0 Å². The summed E-state index contributed by atoms with van der Waals surface area (Å²) in [4.78, 5) is 12.3. The Bertz CT molecular complexity index is 946. The van der Waals surface area contributed by atoms with Crippen LogP contribution in [0.2, 0.25) is 0 Å². The zero-order chi connectivity index (χ0) is 20.6. The summed E-state index contributed by atoms with van der Waals surface area (Å²) < 4.78 is 21.6. The highest BCUT2D eigenvalue weighted by Crippen LogP contribution is 2.25. The van der Waals surface area contributed by atoms with Crippen molar-refractivity contribution >= 4 is 5.91 Å². The number of ether oxygens (including phenoxy) is 3. The number of amides is 1. The van der Waals surface area contributed by atoms with Gasteiger partial charge < -0.3 is 23.9 Å². The van der Waals surface area contributed by atoms with Crippen LogP contribution in [-0.2, 0) is 17.8 Å². The third-order valence-electron chi connectivity index (χ3n) is 4.60. The summed E-state index contributed by atoms with van der Waals surface area (Å²) in [5, 5.41) is 2.92. The molecular formula is C23H25NO5. The molecule has 0 saturated carbocycles. The minimum absolute atomic E-state index is 0.0581. The molecule has 1 amide bonds. The molecule has 6 heteroatoms. The number of rotatable bonds is 9. The van der Waals surface area contributed by atoms with E-state index in [1.54, 1.807) is 21.3 Å². The Kier molecular flexibility index (Phi) is 6.79. The third kappa shape index (κ3) is 5.31. The normalized spacial score (nSPS) is 10.4. The van der Waals surface area contributed by atoms with Gasteiger partial charge in [0, 0.05) is 30.5 Å². The summed E-state index contributed by atoms with van der Waals surface area (Å²) in [6.07, 6.45) is 0.860. The molecule has 0 bridgehead atoms. The smallest absolute Gasteiger partial charge is 0.220 e. The number of benzene rings is 2. The first-order valence-corrected chi connectivity index (χ1v) is 9.33. The minimum atomic E-state index is -0.0581. The van der Waals surface area contributed by atoms with E-state index in [4.69, 9.17) is 18.6 Å².